The van der Waals surface area contributed by atoms with Gasteiger partial charge < -0.3 is 26.0 Å². The fourth-order valence-corrected chi connectivity index (χ4v) is 4.76. The largest absolute Gasteiger partial charge is 0.457 e. The van der Waals surface area contributed by atoms with E-state index in [1.165, 1.54) is 0 Å². The van der Waals surface area contributed by atoms with Crippen molar-refractivity contribution in [1.82, 2.24) is 15.5 Å². The Morgan fingerprint density at radius 1 is 1.03 bits per heavy atom. The third-order valence-electron chi connectivity index (χ3n) is 5.75. The number of hydrogen-bond acceptors (Lipinski definition) is 6. The number of hydrogen-bond donors (Lipinski definition) is 3. The van der Waals surface area contributed by atoms with Crippen molar-refractivity contribution in [1.29, 1.82) is 0 Å². The van der Waals surface area contributed by atoms with Crippen molar-refractivity contribution in [2.24, 2.45) is 5.73 Å². The molecule has 1 aliphatic rings. The predicted molar refractivity (Wildman–Crippen MR) is 134 cm³/mol. The molecule has 0 spiro atoms. The van der Waals surface area contributed by atoms with Crippen molar-refractivity contribution >= 4 is 29.1 Å². The number of carbonyl (C=O) groups excluding carboxylic acids is 3. The number of amides is 3. The lowest BCUT2D eigenvalue weighted by Gasteiger charge is -2.24. The summed E-state index contributed by atoms with van der Waals surface area (Å²) < 4.78 is 5.73. The second kappa shape index (κ2) is 11.6. The average Bonchev–Trinajstić information content (AvgIpc) is 3.57. The molecule has 9 heteroatoms. The third-order valence-corrected chi connectivity index (χ3v) is 6.74. The normalized spacial score (nSPS) is 15.0. The SMILES string of the molecule is NCc1csc(CNC(=O)C2CCCN2C(=O)CNC(=O)c2ccc(Oc3ccccc3)cc2)c1. The number of nitrogens with one attached hydrogen (secondary N) is 2. The van der Waals surface area contributed by atoms with Crippen LogP contribution in [0.3, 0.4) is 0 Å². The molecule has 3 aromatic rings. The van der Waals surface area contributed by atoms with Gasteiger partial charge in [0.25, 0.3) is 5.91 Å². The maximum absolute atomic E-state index is 12.8. The molecule has 1 aliphatic heterocycles. The topological polar surface area (TPSA) is 114 Å². The summed E-state index contributed by atoms with van der Waals surface area (Å²) in [5.74, 6) is 0.491. The fourth-order valence-electron chi connectivity index (χ4n) is 3.91. The molecule has 0 saturated carbocycles. The number of ether oxygens (including phenoxy) is 1. The molecule has 1 saturated heterocycles. The molecule has 1 atom stereocenters. The Labute approximate surface area is 208 Å². The highest BCUT2D eigenvalue weighted by Crippen LogP contribution is 2.21. The van der Waals surface area contributed by atoms with Gasteiger partial charge in [-0.25, -0.2) is 0 Å². The van der Waals surface area contributed by atoms with Gasteiger partial charge >= 0.3 is 0 Å². The van der Waals surface area contributed by atoms with Crippen LogP contribution in [0.25, 0.3) is 0 Å². The summed E-state index contributed by atoms with van der Waals surface area (Å²) in [5.41, 5.74) is 7.08. The quantitative estimate of drug-likeness (QED) is 0.425. The minimum absolute atomic E-state index is 0.171. The maximum Gasteiger partial charge on any atom is 0.251 e. The summed E-state index contributed by atoms with van der Waals surface area (Å²) in [4.78, 5) is 40.6. The maximum atomic E-state index is 12.8. The number of thiophene rings is 1. The summed E-state index contributed by atoms with van der Waals surface area (Å²) in [5, 5.41) is 7.54. The van der Waals surface area contributed by atoms with Gasteiger partial charge in [-0.3, -0.25) is 14.4 Å². The molecule has 1 aromatic heterocycles. The first-order chi connectivity index (χ1) is 17.0. The van der Waals surface area contributed by atoms with Gasteiger partial charge in [0.2, 0.25) is 11.8 Å². The van der Waals surface area contributed by atoms with Crippen molar-refractivity contribution in [3.8, 4) is 11.5 Å². The van der Waals surface area contributed by atoms with Crippen molar-refractivity contribution < 1.29 is 19.1 Å². The minimum Gasteiger partial charge on any atom is -0.457 e. The van der Waals surface area contributed by atoms with E-state index < -0.39 is 6.04 Å². The van der Waals surface area contributed by atoms with Crippen molar-refractivity contribution in [2.45, 2.75) is 32.0 Å². The number of nitrogens with two attached hydrogens (primary N) is 1. The highest BCUT2D eigenvalue weighted by atomic mass is 32.1. The van der Waals surface area contributed by atoms with E-state index in [0.717, 1.165) is 16.9 Å². The van der Waals surface area contributed by atoms with E-state index in [1.807, 2.05) is 41.8 Å². The Hall–Kier alpha value is -3.69. The van der Waals surface area contributed by atoms with E-state index >= 15 is 0 Å². The molecule has 2 heterocycles. The minimum atomic E-state index is -0.525. The number of benzene rings is 2. The average molecular weight is 493 g/mol. The smallest absolute Gasteiger partial charge is 0.251 e. The van der Waals surface area contributed by atoms with E-state index in [9.17, 15) is 14.4 Å². The second-order valence-corrected chi connectivity index (χ2v) is 9.21. The monoisotopic (exact) mass is 492 g/mol. The van der Waals surface area contributed by atoms with Crippen LogP contribution in [0.5, 0.6) is 11.5 Å². The molecule has 0 aliphatic carbocycles. The van der Waals surface area contributed by atoms with Crippen molar-refractivity contribution in [3.63, 3.8) is 0 Å². The molecule has 4 rings (SSSR count). The standard InChI is InChI=1S/C26H28N4O4S/c27-14-18-13-22(35-17-18)15-28-26(33)23-7-4-12-30(23)24(31)16-29-25(32)19-8-10-21(11-9-19)34-20-5-2-1-3-6-20/h1-3,5-6,8-11,13,17,23H,4,7,12,14-16,27H2,(H,28,33)(H,29,32). The highest BCUT2D eigenvalue weighted by molar-refractivity contribution is 7.10. The van der Waals surface area contributed by atoms with Crippen LogP contribution in [0.15, 0.2) is 66.0 Å². The molecular formula is C26H28N4O4S. The zero-order valence-corrected chi connectivity index (χ0v) is 20.1. The molecule has 3 amide bonds. The number of para-hydroxylation sites is 1. The van der Waals surface area contributed by atoms with Crippen LogP contribution in [0.1, 0.15) is 33.6 Å². The van der Waals surface area contributed by atoms with Gasteiger partial charge in [0.1, 0.15) is 17.5 Å². The van der Waals surface area contributed by atoms with Gasteiger partial charge in [0.15, 0.2) is 0 Å². The summed E-state index contributed by atoms with van der Waals surface area (Å²) >= 11 is 1.55. The van der Waals surface area contributed by atoms with Crippen LogP contribution in [0.4, 0.5) is 0 Å². The van der Waals surface area contributed by atoms with Gasteiger partial charge in [0.05, 0.1) is 13.1 Å². The van der Waals surface area contributed by atoms with E-state index in [4.69, 9.17) is 10.5 Å². The lowest BCUT2D eigenvalue weighted by molar-refractivity contribution is -0.137. The molecule has 2 aromatic carbocycles. The first-order valence-corrected chi connectivity index (χ1v) is 12.4. The molecule has 1 fully saturated rings. The molecule has 4 N–H and O–H groups in total. The Kier molecular flexibility index (Phi) is 8.12. The number of nitrogens with zero attached hydrogens (tertiary/aromatic N) is 1. The zero-order valence-electron chi connectivity index (χ0n) is 19.2. The van der Waals surface area contributed by atoms with Gasteiger partial charge in [-0.15, -0.1) is 11.3 Å². The Bertz CT molecular complexity index is 1160. The van der Waals surface area contributed by atoms with Crippen LogP contribution < -0.4 is 21.1 Å². The number of carbonyl (C=O) groups is 3. The molecule has 1 unspecified atom stereocenters. The molecule has 8 nitrogen and oxygen atoms in total. The number of rotatable bonds is 9. The second-order valence-electron chi connectivity index (χ2n) is 8.21. The van der Waals surface area contributed by atoms with Crippen LogP contribution in [0.2, 0.25) is 0 Å². The predicted octanol–water partition coefficient (Wildman–Crippen LogP) is 3.04. The van der Waals surface area contributed by atoms with Crippen LogP contribution in [-0.2, 0) is 22.7 Å². The Balaban J connectivity index is 1.26. The van der Waals surface area contributed by atoms with E-state index in [0.29, 0.717) is 43.1 Å². The molecule has 0 bridgehead atoms. The first-order valence-electron chi connectivity index (χ1n) is 11.5. The van der Waals surface area contributed by atoms with Gasteiger partial charge in [-0.1, -0.05) is 18.2 Å². The molecule has 182 valence electrons. The summed E-state index contributed by atoms with van der Waals surface area (Å²) in [7, 11) is 0. The van der Waals surface area contributed by atoms with E-state index in [1.54, 1.807) is 40.5 Å². The van der Waals surface area contributed by atoms with Gasteiger partial charge in [0, 0.05) is 23.5 Å². The summed E-state index contributed by atoms with van der Waals surface area (Å²) in [6.07, 6.45) is 1.35. The van der Waals surface area contributed by atoms with Crippen molar-refractivity contribution in [3.05, 3.63) is 82.0 Å². The molecular weight excluding hydrogens is 464 g/mol. The summed E-state index contributed by atoms with van der Waals surface area (Å²) in [6.45, 7) is 1.19. The lowest BCUT2D eigenvalue weighted by Crippen LogP contribution is -2.48. The Morgan fingerprint density at radius 2 is 1.77 bits per heavy atom. The van der Waals surface area contributed by atoms with Crippen LogP contribution in [0, 0.1) is 0 Å². The highest BCUT2D eigenvalue weighted by Gasteiger charge is 2.33. The summed E-state index contributed by atoms with van der Waals surface area (Å²) in [6, 6.07) is 17.5. The van der Waals surface area contributed by atoms with Crippen LogP contribution >= 0.6 is 11.3 Å². The molecule has 35 heavy (non-hydrogen) atoms. The third kappa shape index (κ3) is 6.46. The first kappa shape index (κ1) is 24.4. The Morgan fingerprint density at radius 3 is 2.49 bits per heavy atom. The van der Waals surface area contributed by atoms with Crippen LogP contribution in [-0.4, -0.2) is 41.8 Å². The number of likely N-dealkylation sites (tertiary alicyclic amines) is 1. The van der Waals surface area contributed by atoms with Gasteiger partial charge in [-0.05, 0) is 66.2 Å². The van der Waals surface area contributed by atoms with E-state index in [-0.39, 0.29) is 24.3 Å². The molecule has 0 radical (unpaired) electrons. The van der Waals surface area contributed by atoms with Gasteiger partial charge in [-0.2, -0.15) is 0 Å². The van der Waals surface area contributed by atoms with E-state index in [2.05, 4.69) is 10.6 Å². The zero-order chi connectivity index (χ0) is 24.6. The van der Waals surface area contributed by atoms with Crippen molar-refractivity contribution in [2.75, 3.05) is 13.1 Å². The fraction of sp³-hybridized carbons (Fsp3) is 0.269. The lowest BCUT2D eigenvalue weighted by atomic mass is 10.2.